The lowest BCUT2D eigenvalue weighted by atomic mass is 9.82. The van der Waals surface area contributed by atoms with E-state index in [4.69, 9.17) is 51.8 Å². The van der Waals surface area contributed by atoms with Crippen molar-refractivity contribution < 1.29 is 80.0 Å². The number of fused-ring (bicyclic) bond motifs is 3. The highest BCUT2D eigenvalue weighted by Crippen LogP contribution is 2.44. The molecule has 4 saturated heterocycles. The van der Waals surface area contributed by atoms with Crippen molar-refractivity contribution in [1.82, 2.24) is 29.9 Å². The summed E-state index contributed by atoms with van der Waals surface area (Å²) in [6, 6.07) is 8.84. The first-order chi connectivity index (χ1) is 42.5. The monoisotopic (exact) mass is 1300 g/mol. The Balaban J connectivity index is 1.01. The fraction of sp³-hybridized carbons (Fsp3) is 0.785. The number of esters is 2. The predicted octanol–water partition coefficient (Wildman–Crippen LogP) is 7.23. The molecule has 0 spiro atoms. The van der Waals surface area contributed by atoms with Gasteiger partial charge in [-0.25, -0.2) is 13.1 Å². The van der Waals surface area contributed by atoms with E-state index in [1.54, 1.807) is 31.8 Å². The molecule has 0 saturated carbocycles. The molecule has 5 aliphatic heterocycles. The molecule has 6 heterocycles. The van der Waals surface area contributed by atoms with Crippen LogP contribution in [0.3, 0.4) is 0 Å². The van der Waals surface area contributed by atoms with E-state index in [-0.39, 0.29) is 60.6 Å². The molecule has 1 aromatic heterocycles. The summed E-state index contributed by atoms with van der Waals surface area (Å²) in [6.45, 7) is 22.8. The van der Waals surface area contributed by atoms with E-state index in [0.29, 0.717) is 63.6 Å². The summed E-state index contributed by atoms with van der Waals surface area (Å²) in [5, 5.41) is 36.3. The fourth-order valence-corrected chi connectivity index (χ4v) is 15.0. The van der Waals surface area contributed by atoms with Crippen LogP contribution < -0.4 is 10.0 Å². The normalized spacial score (nSPS) is 36.0. The van der Waals surface area contributed by atoms with Gasteiger partial charge in [-0.15, -0.1) is 5.10 Å². The molecule has 1 unspecified atom stereocenters. The lowest BCUT2D eigenvalue weighted by Gasteiger charge is -2.50. The molecule has 90 heavy (non-hydrogen) atoms. The van der Waals surface area contributed by atoms with E-state index < -0.39 is 128 Å². The van der Waals surface area contributed by atoms with Gasteiger partial charge in [0, 0.05) is 58.1 Å². The highest BCUT2D eigenvalue weighted by atomic mass is 32.2. The van der Waals surface area contributed by atoms with Crippen LogP contribution in [-0.2, 0) is 90.9 Å². The summed E-state index contributed by atoms with van der Waals surface area (Å²) in [4.78, 5) is 29.2. The van der Waals surface area contributed by atoms with E-state index in [9.17, 15) is 28.2 Å². The number of nitrogens with one attached hydrogen (secondary N) is 2. The molecule has 1 aromatic carbocycles. The first-order valence-corrected chi connectivity index (χ1v) is 37.2. The smallest absolute Gasteiger partial charge is 0.308 e. The van der Waals surface area contributed by atoms with Crippen molar-refractivity contribution in [3.63, 3.8) is 0 Å². The number of likely N-dealkylation sites (N-methyl/N-ethyl adjacent to an activating group) is 2. The Morgan fingerprint density at radius 1 is 0.900 bits per heavy atom. The molecule has 4 N–H and O–H groups in total. The number of aliphatic hydroxyl groups excluding tert-OH is 1. The molecule has 23 nitrogen and oxygen atoms in total. The maximum absolute atomic E-state index is 14.0. The molecule has 0 amide bonds. The average Bonchev–Trinajstić information content (AvgIpc) is 1.10. The lowest BCUT2D eigenvalue weighted by molar-refractivity contribution is -0.343. The average molecular weight is 1310 g/mol. The zero-order chi connectivity index (χ0) is 65.7. The maximum Gasteiger partial charge on any atom is 0.308 e. The van der Waals surface area contributed by atoms with E-state index in [0.717, 1.165) is 12.0 Å². The number of aliphatic hydroxyl groups is 2. The number of rotatable bonds is 24. The minimum absolute atomic E-state index is 0.0000720. The minimum Gasteiger partial charge on any atom is -0.462 e. The van der Waals surface area contributed by atoms with Crippen molar-refractivity contribution in [2.75, 3.05) is 34.0 Å². The number of aryl methyl sites for hydroxylation is 2. The van der Waals surface area contributed by atoms with E-state index in [1.807, 2.05) is 88.5 Å². The van der Waals surface area contributed by atoms with Gasteiger partial charge in [0.15, 0.2) is 33.3 Å². The third kappa shape index (κ3) is 20.9. The van der Waals surface area contributed by atoms with Gasteiger partial charge in [0.1, 0.15) is 36.3 Å². The molecule has 7 rings (SSSR count). The lowest BCUT2D eigenvalue weighted by Crippen LogP contribution is -2.65. The first-order valence-electron chi connectivity index (χ1n) is 32.6. The molecule has 2 aromatic rings. The number of carbonyl (C=O) groups is 2. The predicted molar refractivity (Wildman–Crippen MR) is 340 cm³/mol. The van der Waals surface area contributed by atoms with Crippen LogP contribution >= 0.6 is 0 Å². The number of ether oxygens (including phenoxy) is 10. The van der Waals surface area contributed by atoms with Crippen molar-refractivity contribution in [3.8, 4) is 0 Å². The van der Waals surface area contributed by atoms with Crippen LogP contribution in [0.25, 0.3) is 0 Å². The van der Waals surface area contributed by atoms with Crippen LogP contribution in [0.4, 0.5) is 0 Å². The number of carbonyl (C=O) groups excluding carboxylic acids is 2. The van der Waals surface area contributed by atoms with Gasteiger partial charge in [-0.05, 0) is 136 Å². The number of hydrogen-bond acceptors (Lipinski definition) is 21. The van der Waals surface area contributed by atoms with Gasteiger partial charge >= 0.3 is 11.9 Å². The molecule has 20 atom stereocenters. The quantitative estimate of drug-likeness (QED) is 0.0458. The summed E-state index contributed by atoms with van der Waals surface area (Å²) in [5.74, 6) is -1.48. The van der Waals surface area contributed by atoms with Gasteiger partial charge in [0.25, 0.3) is 0 Å². The molecule has 510 valence electrons. The van der Waals surface area contributed by atoms with Crippen molar-refractivity contribution in [2.24, 2.45) is 11.8 Å². The van der Waals surface area contributed by atoms with E-state index in [1.165, 1.54) is 0 Å². The van der Waals surface area contributed by atoms with Crippen LogP contribution in [0.5, 0.6) is 0 Å². The number of methoxy groups -OCH3 is 1. The summed E-state index contributed by atoms with van der Waals surface area (Å²) in [5.41, 5.74) is -0.00137. The van der Waals surface area contributed by atoms with Gasteiger partial charge < -0.3 is 72.2 Å². The Morgan fingerprint density at radius 3 is 2.31 bits per heavy atom. The Kier molecular flexibility index (Phi) is 27.2. The molecule has 4 fully saturated rings. The van der Waals surface area contributed by atoms with Crippen LogP contribution in [0.15, 0.2) is 60.8 Å². The highest BCUT2D eigenvalue weighted by Gasteiger charge is 2.54. The summed E-state index contributed by atoms with van der Waals surface area (Å²) in [6.07, 6.45) is 2.89. The standard InChI is InChI=1S/C65H108N6O17SSi/c1-41-35-47-36-55(88-90(14,15)64(6,7)8)84-51(37-53(73)79-42(2)25-18-16-21-29-50(41)83-54-32-31-49(66-10)43(3)80-54)61(78-13)60(47)87-63-58(74)57(70(11)12)59(44(4)82-63)86-56-38-65(9,75)62(45(5)81-56)85-52(72)30-24-28-48-40-71(69-68-48)33-22-23-34-89(76,77)67-39-46-26-19-17-20-27-46/h16-21,26-27,29,40-45,47,49-51,54-63,66-67,74-75H,22-25,28,30-39H2,1-15H3/b18-16-,29-21-/t41-,42-,43-,44-,45+,47-,49+,50+,51-,54+,55?,56+,57-,58-,59-,60+,61+,62+,63+,65-/m1/s1. The van der Waals surface area contributed by atoms with Crippen molar-refractivity contribution in [3.05, 3.63) is 72.1 Å². The number of sulfonamides is 1. The number of hydrogen-bond donors (Lipinski definition) is 4. The van der Waals surface area contributed by atoms with Gasteiger partial charge in [-0.2, -0.15) is 0 Å². The third-order valence-corrected chi connectivity index (χ3v) is 24.6. The highest BCUT2D eigenvalue weighted by molar-refractivity contribution is 7.89. The first kappa shape index (κ1) is 73.8. The van der Waals surface area contributed by atoms with Crippen LogP contribution in [0.2, 0.25) is 18.1 Å². The number of allylic oxidation sites excluding steroid dienone is 2. The van der Waals surface area contributed by atoms with Gasteiger partial charge in [-0.3, -0.25) is 14.3 Å². The number of aromatic nitrogens is 3. The van der Waals surface area contributed by atoms with Crippen molar-refractivity contribution in [1.29, 1.82) is 0 Å². The number of nitrogens with zero attached hydrogens (tertiary/aromatic N) is 4. The molecular formula is C65H108N6O17SSi. The van der Waals surface area contributed by atoms with E-state index in [2.05, 4.69) is 74.1 Å². The summed E-state index contributed by atoms with van der Waals surface area (Å²) < 4.78 is 102. The number of cyclic esters (lactones) is 1. The molecule has 2 bridgehead atoms. The van der Waals surface area contributed by atoms with Crippen molar-refractivity contribution in [2.45, 2.75) is 281 Å². The zero-order valence-electron chi connectivity index (χ0n) is 56.1. The molecular weight excluding hydrogens is 1200 g/mol. The van der Waals surface area contributed by atoms with Crippen LogP contribution in [-0.4, -0.2) is 203 Å². The molecule has 5 aliphatic rings. The minimum atomic E-state index is -3.43. The van der Waals surface area contributed by atoms with Crippen molar-refractivity contribution >= 4 is 30.3 Å². The van der Waals surface area contributed by atoms with Crippen LogP contribution in [0.1, 0.15) is 144 Å². The van der Waals surface area contributed by atoms with Gasteiger partial charge in [0.2, 0.25) is 10.0 Å². The zero-order valence-corrected chi connectivity index (χ0v) is 57.9. The summed E-state index contributed by atoms with van der Waals surface area (Å²) >= 11 is 0. The maximum atomic E-state index is 14.0. The third-order valence-electron chi connectivity index (χ3n) is 18.8. The molecule has 0 radical (unpaired) electrons. The largest absolute Gasteiger partial charge is 0.462 e. The molecule has 0 aliphatic carbocycles. The molecule has 25 heteroatoms. The Bertz CT molecular complexity index is 2720. The Morgan fingerprint density at radius 2 is 1.63 bits per heavy atom. The second-order valence-corrected chi connectivity index (χ2v) is 34.2. The number of unbranched alkanes of at least 4 members (excludes halogenated alkanes) is 1. The Hall–Kier alpha value is -3.61. The Labute approximate surface area is 536 Å². The van der Waals surface area contributed by atoms with Gasteiger partial charge in [0.05, 0.1) is 60.5 Å². The fourth-order valence-electron chi connectivity index (χ4n) is 12.7. The van der Waals surface area contributed by atoms with Crippen LogP contribution in [0, 0.1) is 11.8 Å². The van der Waals surface area contributed by atoms with E-state index >= 15 is 0 Å². The number of benzene rings is 1. The van der Waals surface area contributed by atoms with Gasteiger partial charge in [-0.1, -0.05) is 87.5 Å². The topological polar surface area (TPSA) is 268 Å². The second kappa shape index (κ2) is 33.2. The summed E-state index contributed by atoms with van der Waals surface area (Å²) in [7, 11) is 1.25. The SMILES string of the molecule is CN[C@H]1CC[C@H](O[C@H]2/C=C\C=C/C[C@@H](C)OC(=O)C[C@H]3OC(O[Si](C)(C)C(C)(C)C)C[C@@H](C[C@H]2C)[C@H](O[C@@H]2O[C@H](C)[C@@H](O[C@H]4C[C@@](C)(O)[C@@H](OC(=O)CCCc5cn(CCCCS(=O)(=O)NCc6ccccc6)nn5)[C@H](C)O4)[C@H](N(C)C)[C@H]2O)[C@H]3OC)O[C@@H]1C. The second-order valence-electron chi connectivity index (χ2n) is 27.5.